The molecule has 0 fully saturated rings. The first kappa shape index (κ1) is 15.3. The van der Waals surface area contributed by atoms with Crippen molar-refractivity contribution < 1.29 is 4.79 Å². The van der Waals surface area contributed by atoms with Gasteiger partial charge in [0.05, 0.1) is 5.69 Å². The van der Waals surface area contributed by atoms with Gasteiger partial charge in [0.2, 0.25) is 5.82 Å². The summed E-state index contributed by atoms with van der Waals surface area (Å²) >= 11 is 1.32. The summed E-state index contributed by atoms with van der Waals surface area (Å²) in [4.78, 5) is 29.5. The van der Waals surface area contributed by atoms with Crippen LogP contribution in [0.4, 0.5) is 5.13 Å². The van der Waals surface area contributed by atoms with Gasteiger partial charge in [-0.1, -0.05) is 6.07 Å². The predicted molar refractivity (Wildman–Crippen MR) is 93.6 cm³/mol. The molecule has 4 aromatic rings. The summed E-state index contributed by atoms with van der Waals surface area (Å²) in [6, 6.07) is 7.47. The van der Waals surface area contributed by atoms with E-state index in [4.69, 9.17) is 0 Å². The van der Waals surface area contributed by atoms with Crippen molar-refractivity contribution in [1.29, 1.82) is 0 Å². The van der Waals surface area contributed by atoms with Crippen LogP contribution in [-0.2, 0) is 0 Å². The zero-order valence-corrected chi connectivity index (χ0v) is 14.3. The lowest BCUT2D eigenvalue weighted by Crippen LogP contribution is -2.13. The van der Waals surface area contributed by atoms with Crippen LogP contribution in [0.15, 0.2) is 35.8 Å². The van der Waals surface area contributed by atoms with E-state index in [0.29, 0.717) is 16.6 Å². The van der Waals surface area contributed by atoms with Crippen LogP contribution in [0.1, 0.15) is 22.0 Å². The molecule has 9 heteroatoms. The fraction of sp³-hybridized carbons (Fsp3) is 0.125. The minimum absolute atomic E-state index is 0.0517. The number of thiazole rings is 1. The Morgan fingerprint density at radius 3 is 2.84 bits per heavy atom. The molecule has 1 N–H and O–H groups in total. The number of anilines is 1. The van der Waals surface area contributed by atoms with Crippen LogP contribution in [0.2, 0.25) is 0 Å². The molecule has 0 saturated heterocycles. The number of carbonyl (C=O) groups is 1. The number of aromatic nitrogens is 6. The van der Waals surface area contributed by atoms with E-state index in [2.05, 4.69) is 30.4 Å². The zero-order chi connectivity index (χ0) is 17.4. The molecule has 1 amide bonds. The van der Waals surface area contributed by atoms with E-state index in [9.17, 15) is 4.79 Å². The van der Waals surface area contributed by atoms with Gasteiger partial charge in [-0.15, -0.1) is 16.4 Å². The molecule has 0 radical (unpaired) electrons. The summed E-state index contributed by atoms with van der Waals surface area (Å²) < 4.78 is 1.54. The monoisotopic (exact) mass is 351 g/mol. The van der Waals surface area contributed by atoms with Crippen molar-refractivity contribution in [3.05, 3.63) is 53.1 Å². The van der Waals surface area contributed by atoms with Gasteiger partial charge >= 0.3 is 0 Å². The molecule has 8 nitrogen and oxygen atoms in total. The van der Waals surface area contributed by atoms with Gasteiger partial charge in [-0.25, -0.2) is 14.5 Å². The van der Waals surface area contributed by atoms with Gasteiger partial charge in [0.15, 0.2) is 5.13 Å². The molecule has 0 aliphatic heterocycles. The molecule has 0 atom stereocenters. The van der Waals surface area contributed by atoms with Gasteiger partial charge in [0, 0.05) is 23.0 Å². The predicted octanol–water partition coefficient (Wildman–Crippen LogP) is 2.51. The van der Waals surface area contributed by atoms with Crippen LogP contribution in [0, 0.1) is 13.8 Å². The first-order valence-corrected chi connectivity index (χ1v) is 8.37. The Labute approximate surface area is 146 Å². The van der Waals surface area contributed by atoms with Gasteiger partial charge in [0.25, 0.3) is 11.7 Å². The van der Waals surface area contributed by atoms with E-state index >= 15 is 0 Å². The molecular formula is C16H13N7OS. The molecule has 0 aromatic carbocycles. The molecule has 0 bridgehead atoms. The number of carbonyl (C=O) groups excluding carboxylic acids is 1. The summed E-state index contributed by atoms with van der Waals surface area (Å²) in [7, 11) is 0. The van der Waals surface area contributed by atoms with Gasteiger partial charge in [0.1, 0.15) is 5.69 Å². The number of rotatable bonds is 3. The van der Waals surface area contributed by atoms with Gasteiger partial charge < -0.3 is 0 Å². The number of aryl methyl sites for hydroxylation is 2. The Bertz CT molecular complexity index is 1070. The van der Waals surface area contributed by atoms with Crippen molar-refractivity contribution in [2.75, 3.05) is 5.32 Å². The molecular weight excluding hydrogens is 338 g/mol. The fourth-order valence-corrected chi connectivity index (χ4v) is 3.08. The van der Waals surface area contributed by atoms with Crippen molar-refractivity contribution in [2.45, 2.75) is 13.8 Å². The van der Waals surface area contributed by atoms with Crippen molar-refractivity contribution >= 4 is 28.2 Å². The molecule has 0 spiro atoms. The molecule has 4 aromatic heterocycles. The maximum Gasteiger partial charge on any atom is 0.297 e. The normalized spacial score (nSPS) is 11.0. The number of nitrogens with one attached hydrogen (secondary N) is 1. The fourth-order valence-electron chi connectivity index (χ4n) is 2.38. The van der Waals surface area contributed by atoms with E-state index in [-0.39, 0.29) is 5.82 Å². The highest BCUT2D eigenvalue weighted by molar-refractivity contribution is 7.14. The molecule has 4 heterocycles. The Morgan fingerprint density at radius 1 is 1.16 bits per heavy atom. The Kier molecular flexibility index (Phi) is 3.69. The molecule has 0 saturated carbocycles. The average molecular weight is 351 g/mol. The van der Waals surface area contributed by atoms with E-state index < -0.39 is 5.91 Å². The third-order valence-corrected chi connectivity index (χ3v) is 4.23. The van der Waals surface area contributed by atoms with Crippen molar-refractivity contribution in [3.63, 3.8) is 0 Å². The van der Waals surface area contributed by atoms with Crippen molar-refractivity contribution in [2.24, 2.45) is 0 Å². The van der Waals surface area contributed by atoms with Crippen LogP contribution >= 0.6 is 11.3 Å². The van der Waals surface area contributed by atoms with E-state index in [0.717, 1.165) is 17.1 Å². The van der Waals surface area contributed by atoms with Gasteiger partial charge in [-0.3, -0.25) is 15.1 Å². The highest BCUT2D eigenvalue weighted by atomic mass is 32.1. The van der Waals surface area contributed by atoms with Crippen LogP contribution in [-0.4, -0.2) is 35.5 Å². The first-order valence-electron chi connectivity index (χ1n) is 7.49. The summed E-state index contributed by atoms with van der Waals surface area (Å²) in [5, 5.41) is 9.23. The second-order valence-corrected chi connectivity index (χ2v) is 6.25. The summed E-state index contributed by atoms with van der Waals surface area (Å²) in [5.41, 5.74) is 3.14. The molecule has 0 unspecified atom stereocenters. The Hall–Kier alpha value is -3.20. The number of hydrogen-bond donors (Lipinski definition) is 1. The molecule has 124 valence electrons. The lowest BCUT2D eigenvalue weighted by Gasteiger charge is -1.97. The van der Waals surface area contributed by atoms with Gasteiger partial charge in [-0.2, -0.15) is 4.98 Å². The average Bonchev–Trinajstić information content (AvgIpc) is 3.22. The lowest BCUT2D eigenvalue weighted by atomic mass is 10.3. The third kappa shape index (κ3) is 2.96. The maximum absolute atomic E-state index is 12.4. The molecule has 25 heavy (non-hydrogen) atoms. The highest BCUT2D eigenvalue weighted by Crippen LogP contribution is 2.23. The Balaban J connectivity index is 1.58. The van der Waals surface area contributed by atoms with Crippen molar-refractivity contribution in [3.8, 4) is 11.4 Å². The SMILES string of the molecule is Cc1cc(C)n2nc(C(=O)Nc3nc(-c4ccccn4)cs3)nc2n1. The topological polar surface area (TPSA) is 98.0 Å². The second kappa shape index (κ2) is 6.02. The second-order valence-electron chi connectivity index (χ2n) is 5.39. The van der Waals surface area contributed by atoms with Crippen LogP contribution in [0.5, 0.6) is 0 Å². The maximum atomic E-state index is 12.4. The van der Waals surface area contributed by atoms with E-state index in [1.165, 1.54) is 11.3 Å². The molecule has 0 aliphatic rings. The van der Waals surface area contributed by atoms with Gasteiger partial charge in [-0.05, 0) is 32.0 Å². The standard InChI is InChI=1S/C16H13N7OS/c1-9-7-10(2)23-15(18-9)20-13(22-23)14(24)21-16-19-12(8-25-16)11-5-3-4-6-17-11/h3-8H,1-2H3,(H,19,21,24). The van der Waals surface area contributed by atoms with E-state index in [1.807, 2.05) is 43.5 Å². The van der Waals surface area contributed by atoms with E-state index in [1.54, 1.807) is 10.7 Å². The molecule has 0 aliphatic carbocycles. The Morgan fingerprint density at radius 2 is 2.04 bits per heavy atom. The lowest BCUT2D eigenvalue weighted by molar-refractivity contribution is 0.101. The smallest absolute Gasteiger partial charge is 0.295 e. The number of nitrogens with zero attached hydrogens (tertiary/aromatic N) is 6. The number of pyridine rings is 1. The minimum Gasteiger partial charge on any atom is -0.295 e. The summed E-state index contributed by atoms with van der Waals surface area (Å²) in [5.74, 6) is 0.0243. The minimum atomic E-state index is -0.426. The van der Waals surface area contributed by atoms with Crippen LogP contribution in [0.25, 0.3) is 17.2 Å². The number of amides is 1. The summed E-state index contributed by atoms with van der Waals surface area (Å²) in [6.45, 7) is 3.76. The summed E-state index contributed by atoms with van der Waals surface area (Å²) in [6.07, 6.45) is 1.70. The van der Waals surface area contributed by atoms with Crippen LogP contribution < -0.4 is 5.32 Å². The van der Waals surface area contributed by atoms with Crippen molar-refractivity contribution in [1.82, 2.24) is 29.5 Å². The first-order chi connectivity index (χ1) is 12.1. The largest absolute Gasteiger partial charge is 0.297 e. The molecule has 4 rings (SSSR count). The number of fused-ring (bicyclic) bond motifs is 1. The quantitative estimate of drug-likeness (QED) is 0.609. The zero-order valence-electron chi connectivity index (χ0n) is 13.5. The van der Waals surface area contributed by atoms with Crippen LogP contribution in [0.3, 0.4) is 0 Å². The number of hydrogen-bond acceptors (Lipinski definition) is 7. The third-order valence-electron chi connectivity index (χ3n) is 3.47. The highest BCUT2D eigenvalue weighted by Gasteiger charge is 2.17.